The van der Waals surface area contributed by atoms with Crippen molar-refractivity contribution < 1.29 is 4.79 Å². The molecule has 0 aromatic rings. The van der Waals surface area contributed by atoms with Crippen molar-refractivity contribution in [2.75, 3.05) is 38.7 Å². The van der Waals surface area contributed by atoms with E-state index in [1.54, 1.807) is 0 Å². The van der Waals surface area contributed by atoms with Crippen LogP contribution in [0.15, 0.2) is 0 Å². The van der Waals surface area contributed by atoms with E-state index < -0.39 is 0 Å². The summed E-state index contributed by atoms with van der Waals surface area (Å²) in [6.45, 7) is 5.32. The SMILES string of the molecule is CSCC[C@H](C)NC(=O)N1CCC[C@@H]2CN(C)CC[C@H]21. The second kappa shape index (κ2) is 7.55. The predicted molar refractivity (Wildman–Crippen MR) is 86.3 cm³/mol. The lowest BCUT2D eigenvalue weighted by atomic mass is 9.84. The Kier molecular flexibility index (Phi) is 6.02. The maximum atomic E-state index is 12.5. The van der Waals surface area contributed by atoms with Gasteiger partial charge in [-0.15, -0.1) is 0 Å². The van der Waals surface area contributed by atoms with Crippen LogP contribution >= 0.6 is 11.8 Å². The largest absolute Gasteiger partial charge is 0.335 e. The Hall–Kier alpha value is -0.420. The number of piperidine rings is 2. The molecule has 116 valence electrons. The summed E-state index contributed by atoms with van der Waals surface area (Å²) in [5.74, 6) is 1.79. The topological polar surface area (TPSA) is 35.6 Å². The first-order chi connectivity index (χ1) is 9.61. The van der Waals surface area contributed by atoms with E-state index in [-0.39, 0.29) is 12.1 Å². The van der Waals surface area contributed by atoms with Gasteiger partial charge < -0.3 is 15.1 Å². The average Bonchev–Trinajstić information content (AvgIpc) is 2.44. The third-order valence-electron chi connectivity index (χ3n) is 4.66. The van der Waals surface area contributed by atoms with E-state index in [0.717, 1.165) is 44.6 Å². The Morgan fingerprint density at radius 3 is 2.95 bits per heavy atom. The number of urea groups is 1. The van der Waals surface area contributed by atoms with Crippen molar-refractivity contribution in [2.45, 2.75) is 44.7 Å². The van der Waals surface area contributed by atoms with Crippen LogP contribution in [0.2, 0.25) is 0 Å². The molecule has 0 aromatic carbocycles. The third kappa shape index (κ3) is 4.04. The summed E-state index contributed by atoms with van der Waals surface area (Å²) in [5.41, 5.74) is 0. The molecule has 0 saturated carbocycles. The van der Waals surface area contributed by atoms with Crippen molar-refractivity contribution in [1.29, 1.82) is 0 Å². The molecule has 0 radical (unpaired) electrons. The molecule has 2 fully saturated rings. The van der Waals surface area contributed by atoms with Crippen molar-refractivity contribution in [3.8, 4) is 0 Å². The molecule has 20 heavy (non-hydrogen) atoms. The van der Waals surface area contributed by atoms with Gasteiger partial charge in [-0.2, -0.15) is 11.8 Å². The molecule has 0 aromatic heterocycles. The Bertz CT molecular complexity index is 326. The van der Waals surface area contributed by atoms with Gasteiger partial charge in [-0.1, -0.05) is 0 Å². The standard InChI is InChI=1S/C15H29N3OS/c1-12(7-10-20-3)16-15(19)18-8-4-5-13-11-17(2)9-6-14(13)18/h12-14H,4-11H2,1-3H3,(H,16,19)/t12-,13+,14+/m0/s1. The molecule has 0 aliphatic carbocycles. The van der Waals surface area contributed by atoms with Gasteiger partial charge in [0, 0.05) is 25.2 Å². The molecule has 3 atom stereocenters. The number of hydrogen-bond donors (Lipinski definition) is 1. The van der Waals surface area contributed by atoms with Crippen LogP contribution in [0, 0.1) is 5.92 Å². The first kappa shape index (κ1) is 16.0. The van der Waals surface area contributed by atoms with Gasteiger partial charge in [-0.05, 0) is 64.1 Å². The summed E-state index contributed by atoms with van der Waals surface area (Å²) in [4.78, 5) is 17.0. The van der Waals surface area contributed by atoms with E-state index in [1.165, 1.54) is 6.42 Å². The molecule has 0 bridgehead atoms. The highest BCUT2D eigenvalue weighted by molar-refractivity contribution is 7.98. The van der Waals surface area contributed by atoms with Crippen LogP contribution in [0.4, 0.5) is 4.79 Å². The van der Waals surface area contributed by atoms with E-state index >= 15 is 0 Å². The van der Waals surface area contributed by atoms with Gasteiger partial charge in [0.15, 0.2) is 0 Å². The molecular formula is C15H29N3OS. The van der Waals surface area contributed by atoms with Gasteiger partial charge in [0.25, 0.3) is 0 Å². The van der Waals surface area contributed by atoms with Crippen LogP contribution in [0.25, 0.3) is 0 Å². The predicted octanol–water partition coefficient (Wildman–Crippen LogP) is 2.25. The fraction of sp³-hybridized carbons (Fsp3) is 0.933. The molecule has 0 unspecified atom stereocenters. The highest BCUT2D eigenvalue weighted by atomic mass is 32.2. The number of carbonyl (C=O) groups is 1. The molecule has 5 heteroatoms. The van der Waals surface area contributed by atoms with Gasteiger partial charge >= 0.3 is 6.03 Å². The Balaban J connectivity index is 1.88. The van der Waals surface area contributed by atoms with E-state index in [1.807, 2.05) is 11.8 Å². The maximum absolute atomic E-state index is 12.5. The number of nitrogens with one attached hydrogen (secondary N) is 1. The summed E-state index contributed by atoms with van der Waals surface area (Å²) in [7, 11) is 2.19. The summed E-state index contributed by atoms with van der Waals surface area (Å²) in [6, 6.07) is 0.909. The third-order valence-corrected chi connectivity index (χ3v) is 5.30. The van der Waals surface area contributed by atoms with Crippen LogP contribution < -0.4 is 5.32 Å². The van der Waals surface area contributed by atoms with E-state index in [9.17, 15) is 4.79 Å². The zero-order valence-electron chi connectivity index (χ0n) is 13.1. The van der Waals surface area contributed by atoms with Crippen molar-refractivity contribution in [3.05, 3.63) is 0 Å². The number of rotatable bonds is 4. The van der Waals surface area contributed by atoms with Gasteiger partial charge in [-0.25, -0.2) is 4.79 Å². The fourth-order valence-corrected chi connectivity index (χ4v) is 4.09. The molecule has 4 nitrogen and oxygen atoms in total. The lowest BCUT2D eigenvalue weighted by Gasteiger charge is -2.46. The number of likely N-dealkylation sites (tertiary alicyclic amines) is 2. The van der Waals surface area contributed by atoms with E-state index in [4.69, 9.17) is 0 Å². The molecule has 0 spiro atoms. The number of thioether (sulfide) groups is 1. The van der Waals surface area contributed by atoms with Gasteiger partial charge in [0.1, 0.15) is 0 Å². The van der Waals surface area contributed by atoms with Crippen LogP contribution in [0.3, 0.4) is 0 Å². The van der Waals surface area contributed by atoms with E-state index in [2.05, 4.69) is 35.3 Å². The summed E-state index contributed by atoms with van der Waals surface area (Å²) >= 11 is 1.84. The second-order valence-electron chi connectivity index (χ2n) is 6.35. The quantitative estimate of drug-likeness (QED) is 0.865. The first-order valence-electron chi connectivity index (χ1n) is 7.86. The lowest BCUT2D eigenvalue weighted by molar-refractivity contribution is 0.0525. The van der Waals surface area contributed by atoms with Gasteiger partial charge in [0.2, 0.25) is 0 Å². The monoisotopic (exact) mass is 299 g/mol. The lowest BCUT2D eigenvalue weighted by Crippen LogP contribution is -2.58. The summed E-state index contributed by atoms with van der Waals surface area (Å²) in [6.07, 6.45) is 6.73. The minimum atomic E-state index is 0.165. The van der Waals surface area contributed by atoms with Crippen molar-refractivity contribution in [3.63, 3.8) is 0 Å². The number of amides is 2. The highest BCUT2D eigenvalue weighted by Gasteiger charge is 2.37. The Labute approximate surface area is 127 Å². The Morgan fingerprint density at radius 1 is 1.40 bits per heavy atom. The van der Waals surface area contributed by atoms with Gasteiger partial charge in [-0.3, -0.25) is 0 Å². The van der Waals surface area contributed by atoms with Gasteiger partial charge in [0.05, 0.1) is 0 Å². The normalized spacial score (nSPS) is 28.9. The molecule has 2 saturated heterocycles. The first-order valence-corrected chi connectivity index (χ1v) is 9.25. The number of fused-ring (bicyclic) bond motifs is 1. The van der Waals surface area contributed by atoms with Crippen molar-refractivity contribution in [2.24, 2.45) is 5.92 Å². The fourth-order valence-electron chi connectivity index (χ4n) is 3.50. The van der Waals surface area contributed by atoms with Crippen molar-refractivity contribution in [1.82, 2.24) is 15.1 Å². The second-order valence-corrected chi connectivity index (χ2v) is 7.33. The number of hydrogen-bond acceptors (Lipinski definition) is 3. The van der Waals surface area contributed by atoms with Crippen molar-refractivity contribution >= 4 is 17.8 Å². The smallest absolute Gasteiger partial charge is 0.317 e. The minimum absolute atomic E-state index is 0.165. The zero-order valence-corrected chi connectivity index (χ0v) is 13.9. The Morgan fingerprint density at radius 2 is 2.20 bits per heavy atom. The highest BCUT2D eigenvalue weighted by Crippen LogP contribution is 2.30. The van der Waals surface area contributed by atoms with E-state index in [0.29, 0.717) is 12.0 Å². The van der Waals surface area contributed by atoms with Crippen LogP contribution in [0.1, 0.15) is 32.6 Å². The van der Waals surface area contributed by atoms with Crippen LogP contribution in [0.5, 0.6) is 0 Å². The summed E-state index contributed by atoms with van der Waals surface area (Å²) in [5, 5.41) is 3.19. The minimum Gasteiger partial charge on any atom is -0.335 e. The molecule has 2 heterocycles. The molecular weight excluding hydrogens is 270 g/mol. The molecule has 2 aliphatic heterocycles. The zero-order chi connectivity index (χ0) is 14.5. The molecule has 1 N–H and O–H groups in total. The molecule has 2 rings (SSSR count). The maximum Gasteiger partial charge on any atom is 0.317 e. The van der Waals surface area contributed by atoms with Crippen LogP contribution in [-0.4, -0.2) is 66.6 Å². The van der Waals surface area contributed by atoms with Crippen LogP contribution in [-0.2, 0) is 0 Å². The number of carbonyl (C=O) groups excluding carboxylic acids is 1. The summed E-state index contributed by atoms with van der Waals surface area (Å²) < 4.78 is 0. The number of nitrogens with zero attached hydrogens (tertiary/aromatic N) is 2. The average molecular weight is 299 g/mol. The molecule has 2 aliphatic rings. The molecule has 2 amide bonds.